The number of ether oxygens (including phenoxy) is 1. The Balaban J connectivity index is 0.00000200. The van der Waals surface area contributed by atoms with Gasteiger partial charge in [-0.25, -0.2) is 14.9 Å². The van der Waals surface area contributed by atoms with Gasteiger partial charge in [0.05, 0.1) is 5.38 Å². The number of allylic oxidation sites excluding steroid dienone is 2. The first-order valence-corrected chi connectivity index (χ1v) is 6.22. The van der Waals surface area contributed by atoms with Gasteiger partial charge in [-0.15, -0.1) is 29.4 Å². The SMILES string of the molecule is C=C1NC(c2ccc(OCC(F)F)cc2)=[C-]CC1Cl.[Y]. The predicted molar refractivity (Wildman–Crippen MR) is 71.1 cm³/mol. The summed E-state index contributed by atoms with van der Waals surface area (Å²) in [5, 5.41) is 2.92. The van der Waals surface area contributed by atoms with Crippen molar-refractivity contribution < 1.29 is 46.2 Å². The number of rotatable bonds is 4. The average molecular weight is 374 g/mol. The number of benzene rings is 1. The van der Waals surface area contributed by atoms with Crippen molar-refractivity contribution in [1.82, 2.24) is 5.32 Å². The summed E-state index contributed by atoms with van der Waals surface area (Å²) in [5.74, 6) is 0.412. The van der Waals surface area contributed by atoms with Gasteiger partial charge in [-0.05, 0) is 12.1 Å². The Morgan fingerprint density at radius 1 is 1.40 bits per heavy atom. The number of hydrogen-bond donors (Lipinski definition) is 1. The number of nitrogens with one attached hydrogen (secondary N) is 1. The predicted octanol–water partition coefficient (Wildman–Crippen LogP) is 3.59. The molecular formula is C14H13ClF2NOY-. The normalized spacial score (nSPS) is 18.1. The van der Waals surface area contributed by atoms with Crippen molar-refractivity contribution in [3.8, 4) is 5.75 Å². The Bertz CT molecular complexity index is 490. The molecule has 1 heterocycles. The minimum absolute atomic E-state index is 0. The van der Waals surface area contributed by atoms with Crippen molar-refractivity contribution in [1.29, 1.82) is 0 Å². The van der Waals surface area contributed by atoms with E-state index in [-0.39, 0.29) is 38.1 Å². The second-order valence-electron chi connectivity index (χ2n) is 4.10. The minimum Gasteiger partial charge on any atom is -0.488 e. The minimum atomic E-state index is -2.47. The van der Waals surface area contributed by atoms with E-state index in [9.17, 15) is 8.78 Å². The molecule has 0 saturated carbocycles. The first-order chi connectivity index (χ1) is 9.06. The third kappa shape index (κ3) is 4.83. The molecule has 1 N–H and O–H groups in total. The monoisotopic (exact) mass is 373 g/mol. The topological polar surface area (TPSA) is 21.3 Å². The Morgan fingerprint density at radius 2 is 2.05 bits per heavy atom. The Hall–Kier alpha value is -0.446. The molecule has 105 valence electrons. The molecule has 1 atom stereocenters. The van der Waals surface area contributed by atoms with E-state index in [1.165, 1.54) is 0 Å². The van der Waals surface area contributed by atoms with E-state index in [1.54, 1.807) is 24.3 Å². The molecule has 0 amide bonds. The van der Waals surface area contributed by atoms with Crippen molar-refractivity contribution >= 4 is 17.3 Å². The zero-order valence-corrected chi connectivity index (χ0v) is 14.3. The van der Waals surface area contributed by atoms with Gasteiger partial charge >= 0.3 is 0 Å². The molecular weight excluding hydrogens is 361 g/mol. The van der Waals surface area contributed by atoms with Crippen LogP contribution in [0.1, 0.15) is 12.0 Å². The van der Waals surface area contributed by atoms with Crippen molar-refractivity contribution in [3.63, 3.8) is 0 Å². The molecule has 1 radical (unpaired) electrons. The maximum Gasteiger partial charge on any atom is 0.272 e. The Morgan fingerprint density at radius 3 is 2.60 bits per heavy atom. The van der Waals surface area contributed by atoms with Gasteiger partial charge in [-0.1, -0.05) is 13.0 Å². The van der Waals surface area contributed by atoms with Gasteiger partial charge in [-0.3, -0.25) is 0 Å². The zero-order valence-electron chi connectivity index (χ0n) is 10.7. The molecule has 0 aliphatic carbocycles. The average Bonchev–Trinajstić information content (AvgIpc) is 2.40. The molecule has 6 heteroatoms. The summed E-state index contributed by atoms with van der Waals surface area (Å²) < 4.78 is 28.9. The Kier molecular flexibility index (Phi) is 7.14. The Labute approximate surface area is 147 Å². The maximum atomic E-state index is 12.0. The van der Waals surface area contributed by atoms with Crippen LogP contribution in [0.5, 0.6) is 5.75 Å². The van der Waals surface area contributed by atoms with E-state index in [2.05, 4.69) is 18.0 Å². The van der Waals surface area contributed by atoms with Crippen LogP contribution >= 0.6 is 11.6 Å². The van der Waals surface area contributed by atoms with E-state index >= 15 is 0 Å². The number of hydrogen-bond acceptors (Lipinski definition) is 2. The van der Waals surface area contributed by atoms with Gasteiger partial charge in [0.15, 0.2) is 0 Å². The third-order valence-electron chi connectivity index (χ3n) is 2.64. The fourth-order valence-electron chi connectivity index (χ4n) is 1.65. The fraction of sp³-hybridized carbons (Fsp3) is 0.286. The third-order valence-corrected chi connectivity index (χ3v) is 3.06. The molecule has 2 nitrogen and oxygen atoms in total. The standard InChI is InChI=1S/C14H13ClF2NO.Y/c1-9-12(15)6-7-13(18-9)10-2-4-11(5-3-10)19-8-14(16)17;/h2-5,12,14,18H,1,6,8H2;/q-1;. The van der Waals surface area contributed by atoms with E-state index in [1.807, 2.05) is 0 Å². The summed E-state index contributed by atoms with van der Waals surface area (Å²) in [6.07, 6.45) is 1.25. The van der Waals surface area contributed by atoms with Crippen LogP contribution in [0, 0.1) is 6.08 Å². The first-order valence-electron chi connectivity index (χ1n) is 5.78. The molecule has 20 heavy (non-hydrogen) atoms. The van der Waals surface area contributed by atoms with Gasteiger partial charge < -0.3 is 10.1 Å². The molecule has 1 unspecified atom stereocenters. The fourth-order valence-corrected chi connectivity index (χ4v) is 1.78. The van der Waals surface area contributed by atoms with E-state index in [0.717, 1.165) is 17.0 Å². The summed E-state index contributed by atoms with van der Waals surface area (Å²) in [6.45, 7) is 3.23. The van der Waals surface area contributed by atoms with Crippen LogP contribution in [0.3, 0.4) is 0 Å². The van der Waals surface area contributed by atoms with Crippen LogP contribution in [0.2, 0.25) is 0 Å². The summed E-state index contributed by atoms with van der Waals surface area (Å²) in [6, 6.07) is 6.84. The largest absolute Gasteiger partial charge is 0.488 e. The molecule has 1 aromatic rings. The van der Waals surface area contributed by atoms with Crippen molar-refractivity contribution in [2.45, 2.75) is 18.2 Å². The van der Waals surface area contributed by atoms with Gasteiger partial charge in [0.25, 0.3) is 6.43 Å². The van der Waals surface area contributed by atoms with Gasteiger partial charge in [0.1, 0.15) is 12.4 Å². The molecule has 1 aliphatic rings. The van der Waals surface area contributed by atoms with Crippen molar-refractivity contribution in [2.75, 3.05) is 6.61 Å². The first kappa shape index (κ1) is 17.6. The van der Waals surface area contributed by atoms with E-state index in [0.29, 0.717) is 12.2 Å². The molecule has 0 fully saturated rings. The molecule has 0 aromatic heterocycles. The molecule has 0 bridgehead atoms. The maximum absolute atomic E-state index is 12.0. The molecule has 1 aliphatic heterocycles. The van der Waals surface area contributed by atoms with Crippen molar-refractivity contribution in [2.24, 2.45) is 0 Å². The van der Waals surface area contributed by atoms with Gasteiger partial charge in [-0.2, -0.15) is 5.56 Å². The van der Waals surface area contributed by atoms with E-state index in [4.69, 9.17) is 16.3 Å². The van der Waals surface area contributed by atoms with Crippen LogP contribution < -0.4 is 10.1 Å². The van der Waals surface area contributed by atoms with Crippen LogP contribution in [0.15, 0.2) is 36.5 Å². The molecule has 0 saturated heterocycles. The van der Waals surface area contributed by atoms with Crippen LogP contribution in [0.4, 0.5) is 8.78 Å². The molecule has 1 aromatic carbocycles. The molecule has 0 spiro atoms. The zero-order chi connectivity index (χ0) is 13.8. The summed E-state index contributed by atoms with van der Waals surface area (Å²) in [4.78, 5) is 0. The van der Waals surface area contributed by atoms with Gasteiger partial charge in [0.2, 0.25) is 0 Å². The second-order valence-corrected chi connectivity index (χ2v) is 4.63. The summed E-state index contributed by atoms with van der Waals surface area (Å²) in [7, 11) is 0. The van der Waals surface area contributed by atoms with E-state index < -0.39 is 13.0 Å². The summed E-state index contributed by atoms with van der Waals surface area (Å²) >= 11 is 5.99. The molecule has 2 rings (SSSR count). The smallest absolute Gasteiger partial charge is 0.272 e. The number of alkyl halides is 3. The van der Waals surface area contributed by atoms with Crippen LogP contribution in [-0.4, -0.2) is 18.4 Å². The quantitative estimate of drug-likeness (QED) is 0.643. The van der Waals surface area contributed by atoms with Crippen LogP contribution in [0.25, 0.3) is 5.70 Å². The van der Waals surface area contributed by atoms with Gasteiger partial charge in [0, 0.05) is 38.4 Å². The van der Waals surface area contributed by atoms with Crippen LogP contribution in [-0.2, 0) is 32.7 Å². The summed E-state index contributed by atoms with van der Waals surface area (Å²) in [5.41, 5.74) is 2.41. The second kappa shape index (κ2) is 8.11. The number of halogens is 3. The van der Waals surface area contributed by atoms with Crippen molar-refractivity contribution in [3.05, 3.63) is 48.2 Å².